The number of hydrogen-bond donors (Lipinski definition) is 1. The number of carbonyl (C=O) groups excluding carboxylic acids is 1. The second-order valence-corrected chi connectivity index (χ2v) is 7.91. The number of esters is 1. The van der Waals surface area contributed by atoms with Crippen LogP contribution in [0.1, 0.15) is 21.6 Å². The van der Waals surface area contributed by atoms with E-state index >= 15 is 0 Å². The Kier molecular flexibility index (Phi) is 5.60. The largest absolute Gasteiger partial charge is 0.495 e. The van der Waals surface area contributed by atoms with E-state index in [1.165, 1.54) is 44.6 Å². The second kappa shape index (κ2) is 7.96. The van der Waals surface area contributed by atoms with E-state index in [0.717, 1.165) is 11.3 Å². The minimum Gasteiger partial charge on any atom is -0.495 e. The average molecular weight is 416 g/mol. The molecule has 3 aromatic rings. The summed E-state index contributed by atoms with van der Waals surface area (Å²) in [6.07, 6.45) is 0. The Hall–Kier alpha value is -3.33. The molecule has 9 heteroatoms. The number of anilines is 1. The van der Waals surface area contributed by atoms with Crippen LogP contribution in [0.15, 0.2) is 51.9 Å². The molecular weight excluding hydrogens is 396 g/mol. The van der Waals surface area contributed by atoms with Gasteiger partial charge in [-0.2, -0.15) is 0 Å². The molecule has 0 unspecified atom stereocenters. The SMILES string of the molecule is COC(=O)c1ccc(NS(=O)(=O)c2cc(-c3onc(C)c3C)ccc2OC)cc1. The maximum atomic E-state index is 13.0. The van der Waals surface area contributed by atoms with Gasteiger partial charge >= 0.3 is 5.97 Å². The number of methoxy groups -OCH3 is 2. The number of ether oxygens (including phenoxy) is 2. The lowest BCUT2D eigenvalue weighted by Gasteiger charge is -2.13. The third kappa shape index (κ3) is 4.09. The maximum Gasteiger partial charge on any atom is 0.337 e. The van der Waals surface area contributed by atoms with Crippen molar-refractivity contribution in [1.82, 2.24) is 5.16 Å². The summed E-state index contributed by atoms with van der Waals surface area (Å²) in [6, 6.07) is 10.6. The van der Waals surface area contributed by atoms with Crippen molar-refractivity contribution in [2.24, 2.45) is 0 Å². The minimum absolute atomic E-state index is 0.0528. The third-order valence-corrected chi connectivity index (χ3v) is 5.83. The van der Waals surface area contributed by atoms with E-state index in [1.54, 1.807) is 12.1 Å². The van der Waals surface area contributed by atoms with Crippen LogP contribution < -0.4 is 9.46 Å². The number of carbonyl (C=O) groups is 1. The summed E-state index contributed by atoms with van der Waals surface area (Å²) in [7, 11) is -1.32. The van der Waals surface area contributed by atoms with Crippen LogP contribution in [0.4, 0.5) is 5.69 Å². The predicted molar refractivity (Wildman–Crippen MR) is 107 cm³/mol. The summed E-state index contributed by atoms with van der Waals surface area (Å²) >= 11 is 0. The molecule has 0 aliphatic carbocycles. The Labute approximate surface area is 168 Å². The summed E-state index contributed by atoms with van der Waals surface area (Å²) in [6.45, 7) is 3.66. The molecule has 3 rings (SSSR count). The normalized spacial score (nSPS) is 11.2. The highest BCUT2D eigenvalue weighted by Crippen LogP contribution is 2.33. The number of hydrogen-bond acceptors (Lipinski definition) is 7. The van der Waals surface area contributed by atoms with E-state index in [-0.39, 0.29) is 16.3 Å². The van der Waals surface area contributed by atoms with Crippen molar-refractivity contribution in [2.75, 3.05) is 18.9 Å². The standard InChI is InChI=1S/C20H20N2O6S/c1-12-13(2)21-28-19(12)15-7-10-17(26-3)18(11-15)29(24,25)22-16-8-5-14(6-9-16)20(23)27-4/h5-11,22H,1-4H3. The third-order valence-electron chi connectivity index (χ3n) is 4.43. The van der Waals surface area contributed by atoms with E-state index in [1.807, 2.05) is 13.8 Å². The highest BCUT2D eigenvalue weighted by Gasteiger charge is 2.22. The van der Waals surface area contributed by atoms with Crippen molar-refractivity contribution < 1.29 is 27.2 Å². The van der Waals surface area contributed by atoms with Gasteiger partial charge in [-0.25, -0.2) is 13.2 Å². The molecule has 0 aliphatic rings. The van der Waals surface area contributed by atoms with E-state index < -0.39 is 16.0 Å². The Morgan fingerprint density at radius 1 is 1.07 bits per heavy atom. The van der Waals surface area contributed by atoms with Crippen LogP contribution in [0.2, 0.25) is 0 Å². The summed E-state index contributed by atoms with van der Waals surface area (Å²) in [5.41, 5.74) is 2.71. The molecule has 0 atom stereocenters. The fourth-order valence-electron chi connectivity index (χ4n) is 2.71. The number of benzene rings is 2. The number of sulfonamides is 1. The lowest BCUT2D eigenvalue weighted by atomic mass is 10.1. The van der Waals surface area contributed by atoms with Crippen molar-refractivity contribution in [3.8, 4) is 17.1 Å². The monoisotopic (exact) mass is 416 g/mol. The van der Waals surface area contributed by atoms with Gasteiger partial charge in [-0.05, 0) is 56.3 Å². The van der Waals surface area contributed by atoms with Gasteiger partial charge in [-0.3, -0.25) is 4.72 Å². The molecule has 1 N–H and O–H groups in total. The zero-order chi connectivity index (χ0) is 21.2. The van der Waals surface area contributed by atoms with Crippen LogP contribution in [-0.2, 0) is 14.8 Å². The van der Waals surface area contributed by atoms with Gasteiger partial charge < -0.3 is 14.0 Å². The minimum atomic E-state index is -3.98. The highest BCUT2D eigenvalue weighted by atomic mass is 32.2. The molecule has 1 heterocycles. The Morgan fingerprint density at radius 2 is 1.76 bits per heavy atom. The zero-order valence-electron chi connectivity index (χ0n) is 16.3. The van der Waals surface area contributed by atoms with Crippen molar-refractivity contribution in [3.05, 3.63) is 59.3 Å². The molecule has 0 fully saturated rings. The van der Waals surface area contributed by atoms with Gasteiger partial charge in [0.05, 0.1) is 25.5 Å². The second-order valence-electron chi connectivity index (χ2n) is 6.26. The van der Waals surface area contributed by atoms with E-state index in [2.05, 4.69) is 14.6 Å². The van der Waals surface area contributed by atoms with Crippen molar-refractivity contribution >= 4 is 21.7 Å². The quantitative estimate of drug-likeness (QED) is 0.612. The smallest absolute Gasteiger partial charge is 0.337 e. The lowest BCUT2D eigenvalue weighted by molar-refractivity contribution is 0.0600. The Balaban J connectivity index is 1.98. The van der Waals surface area contributed by atoms with Gasteiger partial charge in [0.1, 0.15) is 10.6 Å². The van der Waals surface area contributed by atoms with Crippen LogP contribution in [0, 0.1) is 13.8 Å². The van der Waals surface area contributed by atoms with E-state index in [9.17, 15) is 13.2 Å². The van der Waals surface area contributed by atoms with Gasteiger partial charge in [0, 0.05) is 16.8 Å². The first-order valence-electron chi connectivity index (χ1n) is 8.59. The van der Waals surface area contributed by atoms with Gasteiger partial charge in [-0.1, -0.05) is 5.16 Å². The van der Waals surface area contributed by atoms with Crippen LogP contribution in [0.3, 0.4) is 0 Å². The van der Waals surface area contributed by atoms with Crippen molar-refractivity contribution in [1.29, 1.82) is 0 Å². The summed E-state index contributed by atoms with van der Waals surface area (Å²) < 4.78 is 43.7. The predicted octanol–water partition coefficient (Wildman–Crippen LogP) is 3.55. The molecule has 0 saturated carbocycles. The fourth-order valence-corrected chi connectivity index (χ4v) is 3.97. The zero-order valence-corrected chi connectivity index (χ0v) is 17.2. The van der Waals surface area contributed by atoms with Crippen LogP contribution in [0.25, 0.3) is 11.3 Å². The topological polar surface area (TPSA) is 108 Å². The molecule has 1 aromatic heterocycles. The summed E-state index contributed by atoms with van der Waals surface area (Å²) in [4.78, 5) is 11.5. The van der Waals surface area contributed by atoms with Crippen LogP contribution in [-0.4, -0.2) is 33.8 Å². The molecule has 0 saturated heterocycles. The fraction of sp³-hybridized carbons (Fsp3) is 0.200. The molecule has 0 spiro atoms. The van der Waals surface area contributed by atoms with E-state index in [0.29, 0.717) is 16.9 Å². The maximum absolute atomic E-state index is 13.0. The number of aromatic nitrogens is 1. The van der Waals surface area contributed by atoms with Crippen LogP contribution >= 0.6 is 0 Å². The molecular formula is C20H20N2O6S. The molecule has 152 valence electrons. The van der Waals surface area contributed by atoms with Gasteiger partial charge in [0.15, 0.2) is 5.76 Å². The molecule has 29 heavy (non-hydrogen) atoms. The van der Waals surface area contributed by atoms with Crippen molar-refractivity contribution in [2.45, 2.75) is 18.7 Å². The van der Waals surface area contributed by atoms with Gasteiger partial charge in [0.25, 0.3) is 10.0 Å². The average Bonchev–Trinajstić information content (AvgIpc) is 3.05. The molecule has 0 radical (unpaired) electrons. The van der Waals surface area contributed by atoms with Gasteiger partial charge in [0.2, 0.25) is 0 Å². The Bertz CT molecular complexity index is 1150. The molecule has 2 aromatic carbocycles. The number of nitrogens with one attached hydrogen (secondary N) is 1. The highest BCUT2D eigenvalue weighted by molar-refractivity contribution is 7.92. The summed E-state index contributed by atoms with van der Waals surface area (Å²) in [5, 5.41) is 3.92. The molecule has 8 nitrogen and oxygen atoms in total. The lowest BCUT2D eigenvalue weighted by Crippen LogP contribution is -2.14. The van der Waals surface area contributed by atoms with Crippen molar-refractivity contribution in [3.63, 3.8) is 0 Å². The number of nitrogens with zero attached hydrogens (tertiary/aromatic N) is 1. The number of rotatable bonds is 6. The first-order valence-corrected chi connectivity index (χ1v) is 10.1. The molecule has 0 aliphatic heterocycles. The first-order chi connectivity index (χ1) is 13.8. The molecule has 0 bridgehead atoms. The van der Waals surface area contributed by atoms with Gasteiger partial charge in [-0.15, -0.1) is 0 Å². The van der Waals surface area contributed by atoms with Crippen LogP contribution in [0.5, 0.6) is 5.75 Å². The number of aryl methyl sites for hydroxylation is 1. The Morgan fingerprint density at radius 3 is 2.31 bits per heavy atom. The first kappa shape index (κ1) is 20.4. The summed E-state index contributed by atoms with van der Waals surface area (Å²) in [5.74, 6) is 0.164. The molecule has 0 amide bonds. The van der Waals surface area contributed by atoms with E-state index in [4.69, 9.17) is 9.26 Å².